The molecule has 0 N–H and O–H groups in total. The molecule has 1 saturated carbocycles. The van der Waals surface area contributed by atoms with Crippen LogP contribution in [0.25, 0.3) is 17.0 Å². The Labute approximate surface area is 159 Å². The van der Waals surface area contributed by atoms with Crippen molar-refractivity contribution in [2.45, 2.75) is 25.7 Å². The van der Waals surface area contributed by atoms with Crippen molar-refractivity contribution in [1.29, 1.82) is 0 Å². The van der Waals surface area contributed by atoms with Crippen molar-refractivity contribution in [3.8, 4) is 0 Å². The molecule has 0 unspecified atom stereocenters. The van der Waals surface area contributed by atoms with Gasteiger partial charge in [0.05, 0.1) is 5.52 Å². The summed E-state index contributed by atoms with van der Waals surface area (Å²) in [4.78, 5) is 33.3. The minimum Gasteiger partial charge on any atom is -0.339 e. The molecule has 5 heteroatoms. The molecule has 27 heavy (non-hydrogen) atoms. The predicted molar refractivity (Wildman–Crippen MR) is 106 cm³/mol. The van der Waals surface area contributed by atoms with Crippen molar-refractivity contribution in [2.75, 3.05) is 26.2 Å². The summed E-state index contributed by atoms with van der Waals surface area (Å²) in [5.74, 6) is 0.499. The average molecular weight is 363 g/mol. The second kappa shape index (κ2) is 7.91. The number of nitrogens with zero attached hydrogens (tertiary/aromatic N) is 3. The number of carbonyl (C=O) groups excluding carboxylic acids is 2. The third-order valence-electron chi connectivity index (χ3n) is 5.68. The predicted octanol–water partition coefficient (Wildman–Crippen LogP) is 3.11. The van der Waals surface area contributed by atoms with Crippen molar-refractivity contribution >= 4 is 28.8 Å². The third-order valence-corrected chi connectivity index (χ3v) is 5.68. The Bertz CT molecular complexity index is 857. The molecule has 1 aliphatic carbocycles. The quantitative estimate of drug-likeness (QED) is 0.788. The van der Waals surface area contributed by atoms with E-state index < -0.39 is 0 Å². The Morgan fingerprint density at radius 2 is 1.67 bits per heavy atom. The zero-order valence-corrected chi connectivity index (χ0v) is 15.5. The number of para-hydroxylation sites is 1. The summed E-state index contributed by atoms with van der Waals surface area (Å²) in [5.41, 5.74) is 1.84. The molecule has 5 nitrogen and oxygen atoms in total. The first kappa shape index (κ1) is 17.7. The number of hydrogen-bond acceptors (Lipinski definition) is 3. The van der Waals surface area contributed by atoms with Crippen LogP contribution in [0.1, 0.15) is 31.2 Å². The van der Waals surface area contributed by atoms with Crippen LogP contribution in [-0.4, -0.2) is 52.8 Å². The largest absolute Gasteiger partial charge is 0.339 e. The van der Waals surface area contributed by atoms with Gasteiger partial charge in [-0.25, -0.2) is 0 Å². The molecule has 2 amide bonds. The molecule has 0 bridgehead atoms. The Morgan fingerprint density at radius 1 is 0.963 bits per heavy atom. The van der Waals surface area contributed by atoms with E-state index in [2.05, 4.69) is 4.98 Å². The SMILES string of the molecule is O=C(/C=C/c1cccc2cccnc12)N1CCN(C(=O)C2CCCC2)CC1. The molecule has 140 valence electrons. The summed E-state index contributed by atoms with van der Waals surface area (Å²) >= 11 is 0. The summed E-state index contributed by atoms with van der Waals surface area (Å²) < 4.78 is 0. The molecule has 0 spiro atoms. The number of hydrogen-bond donors (Lipinski definition) is 0. The van der Waals surface area contributed by atoms with Gasteiger partial charge in [-0.2, -0.15) is 0 Å². The van der Waals surface area contributed by atoms with Gasteiger partial charge in [0.2, 0.25) is 11.8 Å². The molecule has 1 saturated heterocycles. The summed E-state index contributed by atoms with van der Waals surface area (Å²) in [6.07, 6.45) is 9.62. The highest BCUT2D eigenvalue weighted by molar-refractivity contribution is 5.95. The molecule has 0 atom stereocenters. The van der Waals surface area contributed by atoms with Gasteiger partial charge in [-0.3, -0.25) is 14.6 Å². The second-order valence-corrected chi connectivity index (χ2v) is 7.39. The van der Waals surface area contributed by atoms with Crippen molar-refractivity contribution in [2.24, 2.45) is 5.92 Å². The number of piperazine rings is 1. The van der Waals surface area contributed by atoms with Crippen LogP contribution in [0.4, 0.5) is 0 Å². The second-order valence-electron chi connectivity index (χ2n) is 7.39. The fourth-order valence-corrected chi connectivity index (χ4v) is 4.11. The minimum atomic E-state index is -0.00380. The maximum atomic E-state index is 12.6. The van der Waals surface area contributed by atoms with E-state index in [0.717, 1.165) is 29.3 Å². The van der Waals surface area contributed by atoms with Gasteiger partial charge in [-0.1, -0.05) is 37.1 Å². The van der Waals surface area contributed by atoms with Crippen molar-refractivity contribution in [3.63, 3.8) is 0 Å². The molecule has 1 aliphatic heterocycles. The maximum Gasteiger partial charge on any atom is 0.246 e. The highest BCUT2D eigenvalue weighted by Crippen LogP contribution is 2.27. The van der Waals surface area contributed by atoms with Crippen LogP contribution in [0.5, 0.6) is 0 Å². The van der Waals surface area contributed by atoms with Crippen molar-refractivity contribution < 1.29 is 9.59 Å². The van der Waals surface area contributed by atoms with Gasteiger partial charge in [-0.15, -0.1) is 0 Å². The lowest BCUT2D eigenvalue weighted by Gasteiger charge is -2.35. The van der Waals surface area contributed by atoms with E-state index in [1.54, 1.807) is 12.3 Å². The number of amides is 2. The molecule has 0 radical (unpaired) electrons. The standard InChI is InChI=1S/C22H25N3O2/c26-20(11-10-18-8-3-7-17-9-4-12-23-21(17)18)24-13-15-25(16-14-24)22(27)19-5-1-2-6-19/h3-4,7-12,19H,1-2,5-6,13-16H2/b11-10+. The molecule has 2 aliphatic rings. The topological polar surface area (TPSA) is 53.5 Å². The van der Waals surface area contributed by atoms with E-state index in [9.17, 15) is 9.59 Å². The van der Waals surface area contributed by atoms with Gasteiger partial charge in [0.15, 0.2) is 0 Å². The maximum absolute atomic E-state index is 12.6. The molecule has 2 aromatic rings. The summed E-state index contributed by atoms with van der Waals surface area (Å²) in [5, 5.41) is 1.06. The van der Waals surface area contributed by atoms with Gasteiger partial charge < -0.3 is 9.80 Å². The van der Waals surface area contributed by atoms with E-state index in [-0.39, 0.29) is 17.7 Å². The Morgan fingerprint density at radius 3 is 2.44 bits per heavy atom. The van der Waals surface area contributed by atoms with E-state index >= 15 is 0 Å². The van der Waals surface area contributed by atoms with Gasteiger partial charge in [0.25, 0.3) is 0 Å². The number of benzene rings is 1. The Kier molecular flexibility index (Phi) is 5.19. The van der Waals surface area contributed by atoms with Crippen LogP contribution < -0.4 is 0 Å². The van der Waals surface area contributed by atoms with Gasteiger partial charge in [0, 0.05) is 55.3 Å². The highest BCUT2D eigenvalue weighted by Gasteiger charge is 2.30. The van der Waals surface area contributed by atoms with Crippen LogP contribution >= 0.6 is 0 Å². The number of carbonyl (C=O) groups is 2. The molecule has 1 aromatic carbocycles. The van der Waals surface area contributed by atoms with Crippen LogP contribution in [0.3, 0.4) is 0 Å². The molecule has 1 aromatic heterocycles. The van der Waals surface area contributed by atoms with Crippen LogP contribution in [-0.2, 0) is 9.59 Å². The Balaban J connectivity index is 1.36. The van der Waals surface area contributed by atoms with Gasteiger partial charge in [0.1, 0.15) is 0 Å². The minimum absolute atomic E-state index is 0.00380. The molecular formula is C22H25N3O2. The number of pyridine rings is 1. The summed E-state index contributed by atoms with van der Waals surface area (Å²) in [7, 11) is 0. The first-order valence-electron chi connectivity index (χ1n) is 9.82. The monoisotopic (exact) mass is 363 g/mol. The Hall–Kier alpha value is -2.69. The first-order chi connectivity index (χ1) is 13.2. The fraction of sp³-hybridized carbons (Fsp3) is 0.409. The third kappa shape index (κ3) is 3.87. The lowest BCUT2D eigenvalue weighted by molar-refractivity contribution is -0.140. The van der Waals surface area contributed by atoms with E-state index in [4.69, 9.17) is 0 Å². The van der Waals surface area contributed by atoms with Crippen LogP contribution in [0.15, 0.2) is 42.6 Å². The zero-order chi connectivity index (χ0) is 18.6. The van der Waals surface area contributed by atoms with Crippen molar-refractivity contribution in [3.05, 3.63) is 48.2 Å². The number of fused-ring (bicyclic) bond motifs is 1. The van der Waals surface area contributed by atoms with Crippen LogP contribution in [0.2, 0.25) is 0 Å². The van der Waals surface area contributed by atoms with Gasteiger partial charge in [-0.05, 0) is 25.0 Å². The molecule has 2 heterocycles. The average Bonchev–Trinajstić information content (AvgIpc) is 3.26. The zero-order valence-electron chi connectivity index (χ0n) is 15.5. The molecular weight excluding hydrogens is 338 g/mol. The number of aromatic nitrogens is 1. The summed E-state index contributed by atoms with van der Waals surface area (Å²) in [6.45, 7) is 2.50. The smallest absolute Gasteiger partial charge is 0.246 e. The van der Waals surface area contributed by atoms with E-state index in [1.807, 2.05) is 46.2 Å². The first-order valence-corrected chi connectivity index (χ1v) is 9.82. The lowest BCUT2D eigenvalue weighted by atomic mass is 10.1. The molecule has 4 rings (SSSR count). The van der Waals surface area contributed by atoms with E-state index in [0.29, 0.717) is 26.2 Å². The van der Waals surface area contributed by atoms with E-state index in [1.165, 1.54) is 12.8 Å². The fourth-order valence-electron chi connectivity index (χ4n) is 4.11. The van der Waals surface area contributed by atoms with Crippen molar-refractivity contribution in [1.82, 2.24) is 14.8 Å². The summed E-state index contributed by atoms with van der Waals surface area (Å²) in [6, 6.07) is 9.89. The normalized spacial score (nSPS) is 18.5. The van der Waals surface area contributed by atoms with Gasteiger partial charge >= 0.3 is 0 Å². The molecule has 2 fully saturated rings. The highest BCUT2D eigenvalue weighted by atomic mass is 16.2. The lowest BCUT2D eigenvalue weighted by Crippen LogP contribution is -2.51. The van der Waals surface area contributed by atoms with Crippen LogP contribution in [0, 0.1) is 5.92 Å². The number of rotatable bonds is 3.